The summed E-state index contributed by atoms with van der Waals surface area (Å²) in [5.41, 5.74) is 1.12. The maximum Gasteiger partial charge on any atom is 1.00 e. The molecule has 3 heterocycles. The van der Waals surface area contributed by atoms with Crippen LogP contribution in [0.4, 0.5) is 16.2 Å². The molecule has 0 bridgehead atoms. The Balaban J connectivity index is 0.00000151. The molecular formula is C30H31LiN4O12S. The number of carbonyl (C=O) groups is 3. The number of likely N-dealkylation sites (tertiary alicyclic amines) is 1. The number of thioether (sulfide) groups is 1. The number of non-ortho nitro benzene ring substituents is 2. The zero-order valence-corrected chi connectivity index (χ0v) is 27.0. The van der Waals surface area contributed by atoms with E-state index >= 15 is 0 Å². The van der Waals surface area contributed by atoms with Gasteiger partial charge in [-0.2, -0.15) is 0 Å². The maximum absolute atomic E-state index is 13.4. The molecule has 250 valence electrons. The van der Waals surface area contributed by atoms with Crippen LogP contribution in [0.25, 0.3) is 0 Å². The summed E-state index contributed by atoms with van der Waals surface area (Å²) >= 11 is 1.40. The zero-order chi connectivity index (χ0) is 34.4. The van der Waals surface area contributed by atoms with Crippen molar-refractivity contribution in [2.24, 2.45) is 11.8 Å². The molecule has 2 amide bonds. The quantitative estimate of drug-likeness (QED) is 0.0868. The Bertz CT molecular complexity index is 1570. The van der Waals surface area contributed by atoms with Crippen molar-refractivity contribution < 1.29 is 67.6 Å². The van der Waals surface area contributed by atoms with E-state index in [9.17, 15) is 39.7 Å². The first-order valence-electron chi connectivity index (χ1n) is 14.4. The Kier molecular flexibility index (Phi) is 13.1. The number of nitro groups is 2. The third-order valence-corrected chi connectivity index (χ3v) is 9.56. The van der Waals surface area contributed by atoms with Gasteiger partial charge in [-0.15, -0.1) is 11.8 Å². The molecule has 3 aliphatic rings. The van der Waals surface area contributed by atoms with E-state index < -0.39 is 40.0 Å². The van der Waals surface area contributed by atoms with Crippen LogP contribution in [0.15, 0.2) is 59.1 Å². The van der Waals surface area contributed by atoms with E-state index in [1.54, 1.807) is 11.8 Å². The van der Waals surface area contributed by atoms with Gasteiger partial charge in [-0.05, 0) is 48.7 Å². The van der Waals surface area contributed by atoms with Crippen molar-refractivity contribution in [1.82, 2.24) is 9.80 Å². The number of rotatable bonds is 10. The minimum atomic E-state index is -0.902. The van der Waals surface area contributed by atoms with Crippen molar-refractivity contribution in [3.05, 3.63) is 90.5 Å². The van der Waals surface area contributed by atoms with Gasteiger partial charge in [0.25, 0.3) is 11.4 Å². The molecule has 0 saturated carbocycles. The fourth-order valence-corrected chi connectivity index (χ4v) is 7.20. The molecule has 5 atom stereocenters. The third kappa shape index (κ3) is 8.34. The third-order valence-electron chi connectivity index (χ3n) is 8.03. The van der Waals surface area contributed by atoms with Crippen molar-refractivity contribution in [3.63, 3.8) is 0 Å². The van der Waals surface area contributed by atoms with E-state index in [4.69, 9.17) is 19.4 Å². The van der Waals surface area contributed by atoms with Gasteiger partial charge in [-0.3, -0.25) is 25.0 Å². The molecule has 48 heavy (non-hydrogen) atoms. The van der Waals surface area contributed by atoms with Gasteiger partial charge < -0.3 is 34.3 Å². The second-order valence-corrected chi connectivity index (χ2v) is 12.4. The van der Waals surface area contributed by atoms with Gasteiger partial charge in [0.15, 0.2) is 0 Å². The Morgan fingerprint density at radius 3 is 2.00 bits per heavy atom. The van der Waals surface area contributed by atoms with E-state index in [1.807, 2.05) is 6.92 Å². The van der Waals surface area contributed by atoms with Crippen LogP contribution in [0.2, 0.25) is 0 Å². The van der Waals surface area contributed by atoms with Crippen LogP contribution in [0.5, 0.6) is 0 Å². The van der Waals surface area contributed by atoms with Gasteiger partial charge in [-0.1, -0.05) is 13.4 Å². The molecule has 0 aromatic heterocycles. The monoisotopic (exact) mass is 678 g/mol. The number of hydrogen-bond acceptors (Lipinski definition) is 12. The topological polar surface area (TPSA) is 220 Å². The number of aliphatic hydroxyl groups is 1. The fourth-order valence-electron chi connectivity index (χ4n) is 5.72. The zero-order valence-electron chi connectivity index (χ0n) is 26.2. The smallest absolute Gasteiger partial charge is 0.665 e. The van der Waals surface area contributed by atoms with Gasteiger partial charge in [0.2, 0.25) is 5.91 Å². The van der Waals surface area contributed by atoms with Gasteiger partial charge in [-0.25, -0.2) is 9.59 Å². The minimum absolute atomic E-state index is 0. The molecule has 0 spiro atoms. The molecule has 16 nitrogen and oxygen atoms in total. The van der Waals surface area contributed by atoms with E-state index in [0.717, 1.165) is 0 Å². The van der Waals surface area contributed by atoms with Gasteiger partial charge in [0.1, 0.15) is 18.9 Å². The molecule has 0 aliphatic carbocycles. The molecule has 2 saturated heterocycles. The number of β-lactam (4-membered cyclic amide) rings is 1. The largest absolute Gasteiger partial charge is 1.00 e. The standard InChI is InChI=1S/C29H30N4O10S.CHO2.Li/c1-16-24-23(17(2)34)27(35)31(24)25(28(36)42-14-18-3-7-20(8-4-18)32(38)39)26(16)44-22-11-12-30(13-22)29(37)43-15-19-5-9-21(10-6-19)33(40)41;2-1-3;/h3-10,16-17,22-24,34H,11-15H2,1-2H3;(H,2,3);/q;-1;+1/t16?,17-,22+,23?,24?;;/m1../s1. The molecule has 3 unspecified atom stereocenters. The summed E-state index contributed by atoms with van der Waals surface area (Å²) in [6, 6.07) is 10.9. The van der Waals surface area contributed by atoms with Crippen LogP contribution in [0, 0.1) is 32.1 Å². The molecule has 5 rings (SSSR count). The Labute approximate surface area is 290 Å². The molecule has 2 N–H and O–H groups in total. The number of fused-ring (bicyclic) bond motifs is 1. The summed E-state index contributed by atoms with van der Waals surface area (Å²) in [5.74, 6) is -2.00. The Morgan fingerprint density at radius 2 is 1.52 bits per heavy atom. The number of carbonyl (C=O) groups excluding carboxylic acids is 3. The van der Waals surface area contributed by atoms with Crippen molar-refractivity contribution in [1.29, 1.82) is 0 Å². The number of amides is 2. The van der Waals surface area contributed by atoms with Gasteiger partial charge in [0.05, 0.1) is 27.9 Å². The van der Waals surface area contributed by atoms with Gasteiger partial charge >= 0.3 is 30.9 Å². The van der Waals surface area contributed by atoms with E-state index in [0.29, 0.717) is 42.0 Å². The number of nitrogens with zero attached hydrogens (tertiary/aromatic N) is 4. The first-order valence-corrected chi connectivity index (χ1v) is 15.2. The van der Waals surface area contributed by atoms with Crippen molar-refractivity contribution >= 4 is 47.6 Å². The summed E-state index contributed by atoms with van der Waals surface area (Å²) in [7, 11) is 0. The molecule has 3 aliphatic heterocycles. The van der Waals surface area contributed by atoms with Crippen molar-refractivity contribution in [2.75, 3.05) is 13.1 Å². The predicted octanol–water partition coefficient (Wildman–Crippen LogP) is 0.375. The average molecular weight is 679 g/mol. The molecule has 0 radical (unpaired) electrons. The molecule has 2 aromatic carbocycles. The second kappa shape index (κ2) is 16.6. The summed E-state index contributed by atoms with van der Waals surface area (Å²) in [6.45, 7) is 4.49. The fraction of sp³-hybridized carbons (Fsp3) is 0.400. The number of esters is 1. The normalized spacial score (nSPS) is 21.5. The van der Waals surface area contributed by atoms with Crippen LogP contribution in [0.3, 0.4) is 0 Å². The molecule has 18 heteroatoms. The Morgan fingerprint density at radius 1 is 1.02 bits per heavy atom. The van der Waals surface area contributed by atoms with Gasteiger partial charge in [0, 0.05) is 53.4 Å². The number of benzene rings is 2. The van der Waals surface area contributed by atoms with Crippen LogP contribution in [-0.4, -0.2) is 84.8 Å². The maximum atomic E-state index is 13.4. The summed E-state index contributed by atoms with van der Waals surface area (Å²) in [6.07, 6.45) is -0.826. The summed E-state index contributed by atoms with van der Waals surface area (Å²) in [4.78, 5) is 71.7. The predicted molar refractivity (Wildman–Crippen MR) is 164 cm³/mol. The molecular weight excluding hydrogens is 647 g/mol. The number of aliphatic hydroxyl groups excluding tert-OH is 2. The number of hydrogen-bond donors (Lipinski definition) is 2. The summed E-state index contributed by atoms with van der Waals surface area (Å²) in [5, 5.41) is 38.7. The van der Waals surface area contributed by atoms with Crippen LogP contribution in [-0.2, 0) is 37.1 Å². The van der Waals surface area contributed by atoms with Crippen LogP contribution < -0.4 is 18.9 Å². The van der Waals surface area contributed by atoms with E-state index in [1.165, 1.54) is 65.2 Å². The van der Waals surface area contributed by atoms with Crippen LogP contribution >= 0.6 is 11.8 Å². The van der Waals surface area contributed by atoms with E-state index in [2.05, 4.69) is 0 Å². The SMILES string of the molecule is CC1C(S[C@H]2CCN(C(=O)OCc3ccc([N+](=O)[O-])cc3)C2)=C(C(=O)OCc2ccc([N+](=O)[O-])cc2)N2C(=O)C([C@@H](C)O)C12.O=[C-]O.[Li+]. The average Bonchev–Trinajstić information content (AvgIpc) is 3.60. The number of nitro benzene ring substituents is 2. The minimum Gasteiger partial charge on any atom is -0.665 e. The van der Waals surface area contributed by atoms with Crippen molar-refractivity contribution in [3.8, 4) is 0 Å². The van der Waals surface area contributed by atoms with Crippen molar-refractivity contribution in [2.45, 2.75) is 50.9 Å². The molecule has 2 aromatic rings. The second-order valence-electron chi connectivity index (χ2n) is 11.0. The first-order chi connectivity index (χ1) is 22.4. The van der Waals surface area contributed by atoms with E-state index in [-0.39, 0.29) is 66.2 Å². The first kappa shape index (κ1) is 38.0. The molecule has 2 fully saturated rings. The Hall–Kier alpha value is -4.43. The number of ether oxygens (including phenoxy) is 2. The summed E-state index contributed by atoms with van der Waals surface area (Å²) < 4.78 is 11.0. The van der Waals surface area contributed by atoms with Crippen LogP contribution in [0.1, 0.15) is 31.4 Å².